The number of hydrazine groups is 1. The number of carbonyl (C=O) groups excluding carboxylic acids is 1. The largest absolute Gasteiger partial charge is 0.545 e. The van der Waals surface area contributed by atoms with E-state index < -0.39 is 5.97 Å². The number of aromatic carboxylic acids is 1. The third-order valence-electron chi connectivity index (χ3n) is 4.23. The van der Waals surface area contributed by atoms with Crippen LogP contribution in [0.25, 0.3) is 21.5 Å². The topological polar surface area (TPSA) is 77.1 Å². The number of carboxylic acids is 1. The van der Waals surface area contributed by atoms with Gasteiger partial charge in [0.2, 0.25) is 0 Å². The molecular formula is C17H14N3O2-. The average molecular weight is 292 g/mol. The van der Waals surface area contributed by atoms with E-state index in [9.17, 15) is 9.90 Å². The van der Waals surface area contributed by atoms with Gasteiger partial charge in [0.05, 0.1) is 5.97 Å². The van der Waals surface area contributed by atoms with E-state index in [1.54, 1.807) is 18.3 Å². The highest BCUT2D eigenvalue weighted by Crippen LogP contribution is 2.33. The second kappa shape index (κ2) is 5.05. The Hall–Kier alpha value is -2.50. The van der Waals surface area contributed by atoms with Gasteiger partial charge < -0.3 is 9.90 Å². The van der Waals surface area contributed by atoms with E-state index in [2.05, 4.69) is 21.9 Å². The maximum atomic E-state index is 11.1. The fourth-order valence-electron chi connectivity index (χ4n) is 3.17. The molecule has 3 aromatic rings. The fraction of sp³-hybridized carbons (Fsp3) is 0.176. The smallest absolute Gasteiger partial charge is 0.0715 e. The molecule has 1 unspecified atom stereocenters. The average Bonchev–Trinajstić information content (AvgIpc) is 3.07. The molecule has 1 saturated heterocycles. The fourth-order valence-corrected chi connectivity index (χ4v) is 3.17. The van der Waals surface area contributed by atoms with E-state index in [1.807, 2.05) is 18.3 Å². The number of rotatable bonds is 2. The summed E-state index contributed by atoms with van der Waals surface area (Å²) in [7, 11) is 0. The maximum absolute atomic E-state index is 11.1. The van der Waals surface area contributed by atoms with Crippen LogP contribution in [0.4, 0.5) is 0 Å². The number of aromatic nitrogens is 1. The lowest BCUT2D eigenvalue weighted by Crippen LogP contribution is -2.24. The minimum Gasteiger partial charge on any atom is -0.545 e. The van der Waals surface area contributed by atoms with E-state index in [4.69, 9.17) is 0 Å². The van der Waals surface area contributed by atoms with Crippen molar-refractivity contribution in [1.29, 1.82) is 0 Å². The Kier molecular flexibility index (Phi) is 3.03. The number of hydrogen-bond acceptors (Lipinski definition) is 5. The van der Waals surface area contributed by atoms with E-state index >= 15 is 0 Å². The molecule has 1 aliphatic heterocycles. The Labute approximate surface area is 126 Å². The number of fused-ring (bicyclic) bond motifs is 3. The molecule has 5 heteroatoms. The summed E-state index contributed by atoms with van der Waals surface area (Å²) in [6.07, 6.45) is 4.61. The summed E-state index contributed by atoms with van der Waals surface area (Å²) in [4.78, 5) is 15.3. The van der Waals surface area contributed by atoms with Crippen LogP contribution in [0.3, 0.4) is 0 Å². The molecule has 5 nitrogen and oxygen atoms in total. The second-order valence-electron chi connectivity index (χ2n) is 5.52. The first-order chi connectivity index (χ1) is 10.7. The van der Waals surface area contributed by atoms with Crippen LogP contribution in [0.15, 0.2) is 42.7 Å². The van der Waals surface area contributed by atoms with Gasteiger partial charge in [-0.15, -0.1) is 0 Å². The summed E-state index contributed by atoms with van der Waals surface area (Å²) in [5.74, 6) is -1.16. The van der Waals surface area contributed by atoms with Gasteiger partial charge >= 0.3 is 0 Å². The van der Waals surface area contributed by atoms with E-state index in [1.165, 1.54) is 0 Å². The molecule has 0 aliphatic carbocycles. The minimum atomic E-state index is -1.16. The molecule has 0 radical (unpaired) electrons. The van der Waals surface area contributed by atoms with Crippen molar-refractivity contribution in [3.8, 4) is 0 Å². The number of hydrogen-bond donors (Lipinski definition) is 2. The Morgan fingerprint density at radius 1 is 1.18 bits per heavy atom. The molecule has 1 atom stereocenters. The zero-order valence-corrected chi connectivity index (χ0v) is 11.8. The third kappa shape index (κ3) is 2.03. The maximum Gasteiger partial charge on any atom is 0.0715 e. The van der Waals surface area contributed by atoms with Crippen LogP contribution < -0.4 is 16.0 Å². The summed E-state index contributed by atoms with van der Waals surface area (Å²) in [6, 6.07) is 9.36. The van der Waals surface area contributed by atoms with Crippen molar-refractivity contribution >= 4 is 27.5 Å². The molecule has 2 N–H and O–H groups in total. The van der Waals surface area contributed by atoms with Crippen molar-refractivity contribution in [1.82, 2.24) is 15.8 Å². The summed E-state index contributed by atoms with van der Waals surface area (Å²) < 4.78 is 0. The molecule has 0 spiro atoms. The molecule has 1 aliphatic rings. The quantitative estimate of drug-likeness (QED) is 0.696. The number of nitrogens with zero attached hydrogens (tertiary/aromatic N) is 1. The molecule has 1 fully saturated rings. The van der Waals surface area contributed by atoms with Crippen molar-refractivity contribution in [3.63, 3.8) is 0 Å². The monoisotopic (exact) mass is 292 g/mol. The van der Waals surface area contributed by atoms with Gasteiger partial charge in [0, 0.05) is 30.4 Å². The van der Waals surface area contributed by atoms with Crippen molar-refractivity contribution in [3.05, 3.63) is 53.9 Å². The van der Waals surface area contributed by atoms with Gasteiger partial charge in [-0.2, -0.15) is 0 Å². The molecule has 2 heterocycles. The zero-order valence-electron chi connectivity index (χ0n) is 11.8. The number of carboxylic acid groups (broad SMARTS) is 1. The van der Waals surface area contributed by atoms with Crippen molar-refractivity contribution < 1.29 is 9.90 Å². The molecule has 1 aromatic heterocycles. The van der Waals surface area contributed by atoms with E-state index in [0.717, 1.165) is 40.1 Å². The number of carbonyl (C=O) groups is 1. The lowest BCUT2D eigenvalue weighted by Gasteiger charge is -2.16. The van der Waals surface area contributed by atoms with Crippen LogP contribution in [0.2, 0.25) is 0 Å². The van der Waals surface area contributed by atoms with Crippen LogP contribution in [-0.4, -0.2) is 17.5 Å². The van der Waals surface area contributed by atoms with E-state index in [0.29, 0.717) is 0 Å². The summed E-state index contributed by atoms with van der Waals surface area (Å²) >= 11 is 0. The molecule has 0 amide bonds. The highest BCUT2D eigenvalue weighted by molar-refractivity contribution is 6.10. The number of nitrogens with one attached hydrogen (secondary N) is 2. The van der Waals surface area contributed by atoms with Gasteiger partial charge in [-0.3, -0.25) is 15.8 Å². The normalized spacial score (nSPS) is 18.1. The van der Waals surface area contributed by atoms with Gasteiger partial charge in [0.15, 0.2) is 0 Å². The molecular weight excluding hydrogens is 278 g/mol. The Morgan fingerprint density at radius 3 is 2.86 bits per heavy atom. The number of pyridine rings is 1. The first-order valence-electron chi connectivity index (χ1n) is 7.24. The molecule has 110 valence electrons. The molecule has 22 heavy (non-hydrogen) atoms. The highest BCUT2D eigenvalue weighted by Gasteiger charge is 2.19. The first-order valence-corrected chi connectivity index (χ1v) is 7.24. The van der Waals surface area contributed by atoms with Crippen LogP contribution in [0.5, 0.6) is 0 Å². The third-order valence-corrected chi connectivity index (χ3v) is 4.23. The van der Waals surface area contributed by atoms with Crippen LogP contribution in [-0.2, 0) is 0 Å². The molecule has 2 aromatic carbocycles. The SMILES string of the molecule is O=C([O-])c1ccc2c(c1)cc(C1CCNN1)c1ccncc12. The van der Waals surface area contributed by atoms with Crippen LogP contribution in [0, 0.1) is 0 Å². The molecule has 0 bridgehead atoms. The second-order valence-corrected chi connectivity index (χ2v) is 5.52. The lowest BCUT2D eigenvalue weighted by molar-refractivity contribution is -0.255. The first kappa shape index (κ1) is 13.2. The number of benzene rings is 2. The van der Waals surface area contributed by atoms with Crippen molar-refractivity contribution in [2.24, 2.45) is 0 Å². The Morgan fingerprint density at radius 2 is 2.09 bits per heavy atom. The molecule has 4 rings (SSSR count). The minimum absolute atomic E-state index is 0.194. The summed E-state index contributed by atoms with van der Waals surface area (Å²) in [5.41, 5.74) is 7.76. The summed E-state index contributed by atoms with van der Waals surface area (Å²) in [5, 5.41) is 15.2. The molecule has 0 saturated carbocycles. The Bertz CT molecular complexity index is 886. The van der Waals surface area contributed by atoms with Gasteiger partial charge in [0.25, 0.3) is 0 Å². The Balaban J connectivity index is 2.05. The standard InChI is InChI=1S/C17H15N3O2/c21-17(22)10-1-2-12-11(7-10)8-14(16-4-6-19-20-16)13-3-5-18-9-15(12)13/h1-3,5,7-9,16,19-20H,4,6H2,(H,21,22)/p-1. The van der Waals surface area contributed by atoms with Gasteiger partial charge in [-0.05, 0) is 51.9 Å². The van der Waals surface area contributed by atoms with Gasteiger partial charge in [-0.25, -0.2) is 0 Å². The van der Waals surface area contributed by atoms with Crippen LogP contribution in [0.1, 0.15) is 28.4 Å². The van der Waals surface area contributed by atoms with E-state index in [-0.39, 0.29) is 11.6 Å². The van der Waals surface area contributed by atoms with Crippen molar-refractivity contribution in [2.45, 2.75) is 12.5 Å². The van der Waals surface area contributed by atoms with Crippen LogP contribution >= 0.6 is 0 Å². The predicted octanol–water partition coefficient (Wildman–Crippen LogP) is 1.29. The summed E-state index contributed by atoms with van der Waals surface area (Å²) in [6.45, 7) is 0.911. The lowest BCUT2D eigenvalue weighted by atomic mass is 9.93. The predicted molar refractivity (Wildman–Crippen MR) is 82.1 cm³/mol. The van der Waals surface area contributed by atoms with Gasteiger partial charge in [-0.1, -0.05) is 12.1 Å². The van der Waals surface area contributed by atoms with Gasteiger partial charge in [0.1, 0.15) is 0 Å². The van der Waals surface area contributed by atoms with Crippen molar-refractivity contribution in [2.75, 3.05) is 6.54 Å². The zero-order chi connectivity index (χ0) is 15.1. The highest BCUT2D eigenvalue weighted by atomic mass is 16.4.